The molecule has 5 aliphatic rings. The minimum atomic E-state index is -2.10. The lowest BCUT2D eigenvalue weighted by Gasteiger charge is -2.49. The second kappa shape index (κ2) is 19.6. The van der Waals surface area contributed by atoms with E-state index in [0.717, 1.165) is 0 Å². The van der Waals surface area contributed by atoms with Gasteiger partial charge >= 0.3 is 0 Å². The summed E-state index contributed by atoms with van der Waals surface area (Å²) in [6.07, 6.45) is -44.5. The van der Waals surface area contributed by atoms with Gasteiger partial charge in [-0.1, -0.05) is 0 Å². The van der Waals surface area contributed by atoms with E-state index in [1.165, 1.54) is 0 Å². The number of ether oxygens (including phenoxy) is 9. The average molecular weight is 828 g/mol. The summed E-state index contributed by atoms with van der Waals surface area (Å²) in [5, 5.41) is 166. The standard InChI is InChI=1S/C30H53NO25/c31-26-17(43)13(39)22(7(2-33)48-26)53-28-19(45)15(41)24(9(4-35)50-28)55-30-21(47)16(42)25(10(5-36)52-30)56-29-20(46)14(40)23(8(3-34)51-29)54-27-18(44)12(38)11(37)6(1-32)49-27/h6-30,32-47H,1-5,31H2/t6-,7-,8-,9-,10-,11-,12+,13-,14-,15-,16-,17-,18-,19-,20-,21-,22-,23-,24-,25-,26+,27-,28-,29-,30-/m1/s1. The van der Waals surface area contributed by atoms with Gasteiger partial charge in [-0.05, 0) is 0 Å². The van der Waals surface area contributed by atoms with E-state index in [0.29, 0.717) is 0 Å². The molecule has 0 aromatic heterocycles. The highest BCUT2D eigenvalue weighted by Crippen LogP contribution is 2.35. The van der Waals surface area contributed by atoms with Crippen LogP contribution in [0.4, 0.5) is 0 Å². The number of nitrogens with two attached hydrogens (primary N) is 1. The minimum Gasteiger partial charge on any atom is -0.394 e. The van der Waals surface area contributed by atoms with E-state index in [2.05, 4.69) is 0 Å². The van der Waals surface area contributed by atoms with Crippen molar-refractivity contribution in [1.82, 2.24) is 0 Å². The molecule has 5 heterocycles. The summed E-state index contributed by atoms with van der Waals surface area (Å²) in [6.45, 7) is -4.39. The van der Waals surface area contributed by atoms with E-state index in [9.17, 15) is 81.7 Å². The summed E-state index contributed by atoms with van der Waals surface area (Å²) in [4.78, 5) is 0. The fourth-order valence-electron chi connectivity index (χ4n) is 7.08. The zero-order valence-electron chi connectivity index (χ0n) is 29.4. The van der Waals surface area contributed by atoms with Gasteiger partial charge in [0, 0.05) is 0 Å². The molecule has 5 saturated heterocycles. The average Bonchev–Trinajstić information content (AvgIpc) is 3.19. The van der Waals surface area contributed by atoms with Crippen LogP contribution in [0, 0.1) is 0 Å². The summed E-state index contributed by atoms with van der Waals surface area (Å²) in [7, 11) is 0. The molecule has 0 aromatic rings. The number of aliphatic hydroxyl groups is 16. The molecule has 25 atom stereocenters. The Morgan fingerprint density at radius 3 is 0.857 bits per heavy atom. The number of hydrogen-bond acceptors (Lipinski definition) is 26. The first kappa shape index (κ1) is 46.0. The van der Waals surface area contributed by atoms with E-state index in [4.69, 9.17) is 48.4 Å². The van der Waals surface area contributed by atoms with Crippen LogP contribution in [-0.4, -0.2) is 268 Å². The molecule has 0 aliphatic carbocycles. The molecule has 0 unspecified atom stereocenters. The van der Waals surface area contributed by atoms with Crippen LogP contribution < -0.4 is 5.73 Å². The Balaban J connectivity index is 1.22. The van der Waals surface area contributed by atoms with Crippen LogP contribution in [0.25, 0.3) is 0 Å². The Morgan fingerprint density at radius 2 is 0.554 bits per heavy atom. The van der Waals surface area contributed by atoms with Gasteiger partial charge in [-0.25, -0.2) is 0 Å². The van der Waals surface area contributed by atoms with Crippen molar-refractivity contribution < 1.29 is 124 Å². The van der Waals surface area contributed by atoms with E-state index >= 15 is 0 Å². The zero-order valence-corrected chi connectivity index (χ0v) is 29.4. The Morgan fingerprint density at radius 1 is 0.304 bits per heavy atom. The summed E-state index contributed by atoms with van der Waals surface area (Å²) in [5.74, 6) is 0. The molecule has 5 fully saturated rings. The topological polar surface area (TPSA) is 433 Å². The highest BCUT2D eigenvalue weighted by Gasteiger charge is 2.56. The monoisotopic (exact) mass is 827 g/mol. The molecule has 0 aromatic carbocycles. The van der Waals surface area contributed by atoms with Gasteiger partial charge in [0.1, 0.15) is 128 Å². The van der Waals surface area contributed by atoms with Gasteiger partial charge in [0.25, 0.3) is 0 Å². The maximum absolute atomic E-state index is 11.1. The van der Waals surface area contributed by atoms with Crippen molar-refractivity contribution in [3.05, 3.63) is 0 Å². The fourth-order valence-corrected chi connectivity index (χ4v) is 7.08. The van der Waals surface area contributed by atoms with Crippen LogP contribution in [0.2, 0.25) is 0 Å². The third-order valence-corrected chi connectivity index (χ3v) is 10.4. The summed E-state index contributed by atoms with van der Waals surface area (Å²) in [5.41, 5.74) is 5.59. The molecule has 56 heavy (non-hydrogen) atoms. The molecule has 0 bridgehead atoms. The number of aliphatic hydroxyl groups excluding tert-OH is 16. The largest absolute Gasteiger partial charge is 0.394 e. The van der Waals surface area contributed by atoms with Crippen LogP contribution in [0.15, 0.2) is 0 Å². The third kappa shape index (κ3) is 9.16. The third-order valence-electron chi connectivity index (χ3n) is 10.4. The lowest BCUT2D eigenvalue weighted by atomic mass is 9.95. The van der Waals surface area contributed by atoms with Gasteiger partial charge in [0.15, 0.2) is 25.2 Å². The first-order valence-corrected chi connectivity index (χ1v) is 17.7. The highest BCUT2D eigenvalue weighted by molar-refractivity contribution is 4.99. The second-order valence-corrected chi connectivity index (χ2v) is 14.0. The quantitative estimate of drug-likeness (QED) is 0.0819. The predicted octanol–water partition coefficient (Wildman–Crippen LogP) is -12.0. The van der Waals surface area contributed by atoms with Crippen molar-refractivity contribution in [1.29, 1.82) is 0 Å². The van der Waals surface area contributed by atoms with Gasteiger partial charge < -0.3 is 130 Å². The molecule has 0 spiro atoms. The molecule has 5 aliphatic heterocycles. The van der Waals surface area contributed by atoms with Crippen molar-refractivity contribution in [3.8, 4) is 0 Å². The Labute approximate surface area is 316 Å². The zero-order chi connectivity index (χ0) is 41.3. The van der Waals surface area contributed by atoms with Crippen LogP contribution in [-0.2, 0) is 42.6 Å². The minimum absolute atomic E-state index is 0.756. The van der Waals surface area contributed by atoms with Crippen LogP contribution in [0.5, 0.6) is 0 Å². The predicted molar refractivity (Wildman–Crippen MR) is 168 cm³/mol. The summed E-state index contributed by atoms with van der Waals surface area (Å²) >= 11 is 0. The summed E-state index contributed by atoms with van der Waals surface area (Å²) in [6, 6.07) is 0. The second-order valence-electron chi connectivity index (χ2n) is 14.0. The molecule has 0 amide bonds. The normalized spacial score (nSPS) is 53.2. The SMILES string of the molecule is N[C@H]1O[C@H](CO)[C@@H](O[C@H]2O[C@H](CO)[C@@H](O[C@H]3O[C@H](CO)[C@@H](O[C@H]4O[C@H](CO)[C@@H](O[C@H]5O[C@H](CO)[C@@H](O)[C@H](O)[C@H]5O)[C@H](O)[C@H]4O)[C@H](O)[C@H]3O)[C@H](O)[C@H]2O)[C@H](O)[C@H]1O. The molecule has 26 nitrogen and oxygen atoms in total. The van der Waals surface area contributed by atoms with Crippen LogP contribution >= 0.6 is 0 Å². The van der Waals surface area contributed by atoms with Gasteiger partial charge in [0.05, 0.1) is 33.0 Å². The van der Waals surface area contributed by atoms with E-state index < -0.39 is 187 Å². The lowest BCUT2D eigenvalue weighted by Crippen LogP contribution is -2.68. The summed E-state index contributed by atoms with van der Waals surface area (Å²) < 4.78 is 49.4. The molecule has 26 heteroatoms. The van der Waals surface area contributed by atoms with Crippen molar-refractivity contribution in [3.63, 3.8) is 0 Å². The first-order chi connectivity index (χ1) is 26.5. The van der Waals surface area contributed by atoms with E-state index in [1.807, 2.05) is 0 Å². The number of rotatable bonds is 13. The molecule has 0 saturated carbocycles. The van der Waals surface area contributed by atoms with E-state index in [-0.39, 0.29) is 0 Å². The van der Waals surface area contributed by atoms with Crippen LogP contribution in [0.3, 0.4) is 0 Å². The van der Waals surface area contributed by atoms with Gasteiger partial charge in [0.2, 0.25) is 0 Å². The van der Waals surface area contributed by atoms with Crippen molar-refractivity contribution in [2.75, 3.05) is 33.0 Å². The maximum Gasteiger partial charge on any atom is 0.187 e. The Hall–Kier alpha value is -1.04. The van der Waals surface area contributed by atoms with Gasteiger partial charge in [-0.3, -0.25) is 0 Å². The first-order valence-electron chi connectivity index (χ1n) is 17.7. The van der Waals surface area contributed by atoms with Crippen LogP contribution in [0.1, 0.15) is 0 Å². The Kier molecular flexibility index (Phi) is 16.1. The lowest BCUT2D eigenvalue weighted by molar-refractivity contribution is -0.391. The highest BCUT2D eigenvalue weighted by atomic mass is 16.8. The molecule has 18 N–H and O–H groups in total. The number of hydrogen-bond donors (Lipinski definition) is 17. The van der Waals surface area contributed by atoms with Gasteiger partial charge in [-0.2, -0.15) is 0 Å². The van der Waals surface area contributed by atoms with Crippen molar-refractivity contribution in [2.45, 2.75) is 153 Å². The molecule has 5 rings (SSSR count). The Bertz CT molecular complexity index is 1200. The fraction of sp³-hybridized carbons (Fsp3) is 1.00. The molecule has 0 radical (unpaired) electrons. The van der Waals surface area contributed by atoms with Crippen molar-refractivity contribution >= 4 is 0 Å². The van der Waals surface area contributed by atoms with Crippen molar-refractivity contribution in [2.24, 2.45) is 5.73 Å². The molecule has 328 valence electrons. The molecular formula is C30H53NO25. The molecular weight excluding hydrogens is 774 g/mol. The maximum atomic E-state index is 11.1. The smallest absolute Gasteiger partial charge is 0.187 e. The van der Waals surface area contributed by atoms with E-state index in [1.54, 1.807) is 0 Å². The van der Waals surface area contributed by atoms with Gasteiger partial charge in [-0.15, -0.1) is 0 Å².